The van der Waals surface area contributed by atoms with Crippen LogP contribution in [0.4, 0.5) is 0 Å². The van der Waals surface area contributed by atoms with E-state index in [0.717, 1.165) is 32.2 Å². The number of rotatable bonds is 9. The Hall–Kier alpha value is -0.130. The minimum atomic E-state index is -3.10. The van der Waals surface area contributed by atoms with Crippen molar-refractivity contribution in [2.45, 2.75) is 71.8 Å². The lowest BCUT2D eigenvalue weighted by atomic mass is 9.76. The van der Waals surface area contributed by atoms with Crippen LogP contribution in [0.5, 0.6) is 0 Å². The quantitative estimate of drug-likeness (QED) is 0.644. The Bertz CT molecular complexity index is 360. The normalized spacial score (nSPS) is 19.4. The molecule has 120 valence electrons. The second-order valence-corrected chi connectivity index (χ2v) is 8.75. The second-order valence-electron chi connectivity index (χ2n) is 6.83. The van der Waals surface area contributed by atoms with Crippen molar-refractivity contribution in [3.63, 3.8) is 0 Å². The van der Waals surface area contributed by atoms with Crippen molar-refractivity contribution in [2.24, 2.45) is 5.41 Å². The van der Waals surface area contributed by atoms with E-state index in [0.29, 0.717) is 12.6 Å². The molecule has 0 aromatic rings. The van der Waals surface area contributed by atoms with Gasteiger partial charge in [0.05, 0.1) is 5.75 Å². The van der Waals surface area contributed by atoms with Gasteiger partial charge in [0, 0.05) is 12.6 Å². The fourth-order valence-electron chi connectivity index (χ4n) is 2.75. The van der Waals surface area contributed by atoms with Gasteiger partial charge < -0.3 is 5.32 Å². The van der Waals surface area contributed by atoms with Crippen molar-refractivity contribution in [1.29, 1.82) is 0 Å². The lowest BCUT2D eigenvalue weighted by Gasteiger charge is -2.33. The molecule has 5 heteroatoms. The van der Waals surface area contributed by atoms with Crippen LogP contribution in [0.1, 0.15) is 65.7 Å². The second kappa shape index (κ2) is 8.35. The molecule has 0 aromatic carbocycles. The Balaban J connectivity index is 2.20. The number of nitrogens with one attached hydrogen (secondary N) is 2. The number of sulfonamides is 1. The molecule has 0 amide bonds. The predicted molar refractivity (Wildman–Crippen MR) is 85.4 cm³/mol. The number of unbranched alkanes of at least 4 members (excludes halogenated alkanes) is 1. The van der Waals surface area contributed by atoms with Crippen molar-refractivity contribution in [1.82, 2.24) is 10.0 Å². The van der Waals surface area contributed by atoms with Crippen molar-refractivity contribution >= 4 is 10.0 Å². The van der Waals surface area contributed by atoms with Gasteiger partial charge in [-0.1, -0.05) is 40.0 Å². The van der Waals surface area contributed by atoms with Crippen LogP contribution in [0.3, 0.4) is 0 Å². The smallest absolute Gasteiger partial charge is 0.211 e. The molecule has 20 heavy (non-hydrogen) atoms. The molecule has 4 nitrogen and oxygen atoms in total. The zero-order valence-electron chi connectivity index (χ0n) is 13.4. The highest BCUT2D eigenvalue weighted by Crippen LogP contribution is 2.35. The van der Waals surface area contributed by atoms with Gasteiger partial charge in [-0.15, -0.1) is 0 Å². The summed E-state index contributed by atoms with van der Waals surface area (Å²) in [7, 11) is -3.10. The summed E-state index contributed by atoms with van der Waals surface area (Å²) in [6.45, 7) is 7.91. The number of hydrogen-bond donors (Lipinski definition) is 2. The van der Waals surface area contributed by atoms with Crippen LogP contribution in [0.2, 0.25) is 0 Å². The highest BCUT2D eigenvalue weighted by atomic mass is 32.2. The summed E-state index contributed by atoms with van der Waals surface area (Å²) in [5.74, 6) is 0.253. The molecule has 0 spiro atoms. The van der Waals surface area contributed by atoms with Crippen LogP contribution < -0.4 is 10.0 Å². The van der Waals surface area contributed by atoms with Gasteiger partial charge in [-0.3, -0.25) is 0 Å². The molecule has 0 aliphatic heterocycles. The molecule has 2 N–H and O–H groups in total. The molecule has 1 rings (SSSR count). The Morgan fingerprint density at radius 1 is 1.10 bits per heavy atom. The third kappa shape index (κ3) is 7.60. The van der Waals surface area contributed by atoms with E-state index in [-0.39, 0.29) is 11.2 Å². The van der Waals surface area contributed by atoms with Gasteiger partial charge in [0.2, 0.25) is 10.0 Å². The molecule has 1 fully saturated rings. The lowest BCUT2D eigenvalue weighted by Crippen LogP contribution is -2.38. The maximum absolute atomic E-state index is 12.0. The predicted octanol–water partition coefficient (Wildman–Crippen LogP) is 2.65. The van der Waals surface area contributed by atoms with Gasteiger partial charge in [-0.05, 0) is 37.6 Å². The fraction of sp³-hybridized carbons (Fsp3) is 1.00. The van der Waals surface area contributed by atoms with E-state index in [4.69, 9.17) is 0 Å². The molecule has 1 saturated carbocycles. The van der Waals surface area contributed by atoms with Crippen LogP contribution in [-0.4, -0.2) is 33.3 Å². The molecule has 0 heterocycles. The summed E-state index contributed by atoms with van der Waals surface area (Å²) in [4.78, 5) is 0. The zero-order valence-corrected chi connectivity index (χ0v) is 14.2. The van der Waals surface area contributed by atoms with Gasteiger partial charge in [0.25, 0.3) is 0 Å². The molecule has 1 aliphatic carbocycles. The minimum absolute atomic E-state index is 0.171. The van der Waals surface area contributed by atoms with Crippen LogP contribution in [0.25, 0.3) is 0 Å². The Labute approximate surface area is 125 Å². The zero-order chi connectivity index (χ0) is 15.1. The van der Waals surface area contributed by atoms with E-state index < -0.39 is 10.0 Å². The maximum atomic E-state index is 12.0. The summed E-state index contributed by atoms with van der Waals surface area (Å²) >= 11 is 0. The van der Waals surface area contributed by atoms with E-state index in [9.17, 15) is 8.42 Å². The minimum Gasteiger partial charge on any atom is -0.315 e. The molecular formula is C15H32N2O2S. The highest BCUT2D eigenvalue weighted by molar-refractivity contribution is 7.89. The third-order valence-electron chi connectivity index (χ3n) is 4.17. The first-order valence-electron chi connectivity index (χ1n) is 8.04. The number of hydrogen-bond acceptors (Lipinski definition) is 3. The molecule has 0 radical (unpaired) electrons. The first-order chi connectivity index (χ1) is 9.33. The van der Waals surface area contributed by atoms with Crippen molar-refractivity contribution in [2.75, 3.05) is 18.8 Å². The molecule has 0 bridgehead atoms. The van der Waals surface area contributed by atoms with E-state index in [1.165, 1.54) is 19.3 Å². The first kappa shape index (κ1) is 17.9. The van der Waals surface area contributed by atoms with Crippen LogP contribution in [0.15, 0.2) is 0 Å². The maximum Gasteiger partial charge on any atom is 0.211 e. The van der Waals surface area contributed by atoms with E-state index in [1.54, 1.807) is 0 Å². The molecule has 0 aromatic heterocycles. The van der Waals surface area contributed by atoms with Gasteiger partial charge in [-0.25, -0.2) is 13.1 Å². The van der Waals surface area contributed by atoms with Gasteiger partial charge in [0.1, 0.15) is 0 Å². The van der Waals surface area contributed by atoms with Crippen LogP contribution >= 0.6 is 0 Å². The van der Waals surface area contributed by atoms with Gasteiger partial charge in [-0.2, -0.15) is 0 Å². The summed E-state index contributed by atoms with van der Waals surface area (Å²) in [5.41, 5.74) is 0.171. The Morgan fingerprint density at radius 2 is 1.75 bits per heavy atom. The first-order valence-corrected chi connectivity index (χ1v) is 9.69. The average molecular weight is 305 g/mol. The van der Waals surface area contributed by atoms with Crippen molar-refractivity contribution < 1.29 is 8.42 Å². The average Bonchev–Trinajstić information content (AvgIpc) is 2.37. The standard InChI is InChI=1S/C15H32N2O2S/c1-14(2)16-11-7-8-12-20(18,19)17-13-15(3)9-5-4-6-10-15/h14,16-17H,4-13H2,1-3H3. The third-order valence-corrected chi connectivity index (χ3v) is 5.58. The van der Waals surface area contributed by atoms with E-state index >= 15 is 0 Å². The Kier molecular flexibility index (Phi) is 7.48. The van der Waals surface area contributed by atoms with Crippen LogP contribution in [0, 0.1) is 5.41 Å². The topological polar surface area (TPSA) is 58.2 Å². The van der Waals surface area contributed by atoms with Gasteiger partial charge >= 0.3 is 0 Å². The largest absolute Gasteiger partial charge is 0.315 e. The van der Waals surface area contributed by atoms with Crippen molar-refractivity contribution in [3.05, 3.63) is 0 Å². The SMILES string of the molecule is CC(C)NCCCCS(=O)(=O)NCC1(C)CCCCC1. The molecule has 0 unspecified atom stereocenters. The van der Waals surface area contributed by atoms with E-state index in [2.05, 4.69) is 30.8 Å². The van der Waals surface area contributed by atoms with E-state index in [1.807, 2.05) is 0 Å². The van der Waals surface area contributed by atoms with Crippen LogP contribution in [-0.2, 0) is 10.0 Å². The summed E-state index contributed by atoms with van der Waals surface area (Å²) in [6.07, 6.45) is 7.70. The summed E-state index contributed by atoms with van der Waals surface area (Å²) < 4.78 is 26.8. The molecular weight excluding hydrogens is 272 g/mol. The molecule has 1 aliphatic rings. The molecule has 0 atom stereocenters. The van der Waals surface area contributed by atoms with Crippen molar-refractivity contribution in [3.8, 4) is 0 Å². The lowest BCUT2D eigenvalue weighted by molar-refractivity contribution is 0.219. The molecule has 0 saturated heterocycles. The monoisotopic (exact) mass is 304 g/mol. The highest BCUT2D eigenvalue weighted by Gasteiger charge is 2.28. The summed E-state index contributed by atoms with van der Waals surface area (Å²) in [5, 5.41) is 3.31. The van der Waals surface area contributed by atoms with Gasteiger partial charge in [0.15, 0.2) is 0 Å². The summed E-state index contributed by atoms with van der Waals surface area (Å²) in [6, 6.07) is 0.469. The fourth-order valence-corrected chi connectivity index (χ4v) is 4.04. The Morgan fingerprint density at radius 3 is 2.35 bits per heavy atom.